The second-order valence-electron chi connectivity index (χ2n) is 5.94. The number of rotatable bonds is 9. The third-order valence-electron chi connectivity index (χ3n) is 3.88. The molecule has 2 rings (SSSR count). The maximum atomic E-state index is 12.3. The van der Waals surface area contributed by atoms with Crippen LogP contribution in [-0.2, 0) is 9.59 Å². The summed E-state index contributed by atoms with van der Waals surface area (Å²) in [5.41, 5.74) is 1.61. The van der Waals surface area contributed by atoms with Gasteiger partial charge in [-0.2, -0.15) is 0 Å². The van der Waals surface area contributed by atoms with Crippen LogP contribution in [0.15, 0.2) is 42.5 Å². The van der Waals surface area contributed by atoms with E-state index < -0.39 is 17.9 Å². The quantitative estimate of drug-likeness (QED) is 0.702. The molecule has 1 unspecified atom stereocenters. The molecule has 0 aliphatic carbocycles. The number of nitrogens with one attached hydrogen (secondary N) is 1. The Bertz CT molecular complexity index is 805. The zero-order valence-electron chi connectivity index (χ0n) is 15.5. The molecule has 0 saturated heterocycles. The third-order valence-corrected chi connectivity index (χ3v) is 3.88. The molecule has 2 aromatic carbocycles. The van der Waals surface area contributed by atoms with E-state index in [9.17, 15) is 14.7 Å². The maximum Gasteiger partial charge on any atom is 0.305 e. The SMILES string of the molecule is COc1ccc(C(CC(=O)O)NC(=O)COc2cccc(C)c2)cc1OC. The Morgan fingerprint density at radius 1 is 1.07 bits per heavy atom. The third kappa shape index (κ3) is 5.91. The molecule has 0 aromatic heterocycles. The Kier molecular flexibility index (Phi) is 7.05. The van der Waals surface area contributed by atoms with E-state index in [1.807, 2.05) is 25.1 Å². The topological polar surface area (TPSA) is 94.1 Å². The molecule has 2 aromatic rings. The summed E-state index contributed by atoms with van der Waals surface area (Å²) in [6, 6.07) is 11.6. The minimum Gasteiger partial charge on any atom is -0.493 e. The molecular weight excluding hydrogens is 350 g/mol. The highest BCUT2D eigenvalue weighted by atomic mass is 16.5. The van der Waals surface area contributed by atoms with Crippen LogP contribution in [0.25, 0.3) is 0 Å². The number of carbonyl (C=O) groups is 2. The van der Waals surface area contributed by atoms with Crippen LogP contribution in [0.4, 0.5) is 0 Å². The summed E-state index contributed by atoms with van der Waals surface area (Å²) in [6.45, 7) is 1.71. The van der Waals surface area contributed by atoms with Crippen LogP contribution in [-0.4, -0.2) is 37.8 Å². The summed E-state index contributed by atoms with van der Waals surface area (Å²) in [4.78, 5) is 23.5. The number of carboxylic acid groups (broad SMARTS) is 1. The average molecular weight is 373 g/mol. The van der Waals surface area contributed by atoms with Crippen molar-refractivity contribution in [3.8, 4) is 17.2 Å². The minimum absolute atomic E-state index is 0.215. The first-order valence-electron chi connectivity index (χ1n) is 8.35. The van der Waals surface area contributed by atoms with Crippen LogP contribution < -0.4 is 19.5 Å². The molecule has 0 heterocycles. The number of hydrogen-bond acceptors (Lipinski definition) is 5. The van der Waals surface area contributed by atoms with Gasteiger partial charge in [-0.05, 0) is 42.3 Å². The van der Waals surface area contributed by atoms with Crippen molar-refractivity contribution in [3.63, 3.8) is 0 Å². The van der Waals surface area contributed by atoms with E-state index in [0.717, 1.165) is 5.56 Å². The first-order chi connectivity index (χ1) is 12.9. The van der Waals surface area contributed by atoms with E-state index in [4.69, 9.17) is 14.2 Å². The smallest absolute Gasteiger partial charge is 0.305 e. The highest BCUT2D eigenvalue weighted by molar-refractivity contribution is 5.79. The molecule has 0 fully saturated rings. The van der Waals surface area contributed by atoms with Crippen LogP contribution in [0, 0.1) is 6.92 Å². The zero-order chi connectivity index (χ0) is 19.8. The van der Waals surface area contributed by atoms with Crippen molar-refractivity contribution < 1.29 is 28.9 Å². The Morgan fingerprint density at radius 3 is 2.44 bits per heavy atom. The van der Waals surface area contributed by atoms with E-state index in [0.29, 0.717) is 22.8 Å². The molecule has 0 spiro atoms. The lowest BCUT2D eigenvalue weighted by Gasteiger charge is -2.19. The number of aryl methyl sites for hydroxylation is 1. The molecule has 0 aliphatic rings. The Labute approximate surface area is 157 Å². The van der Waals surface area contributed by atoms with Crippen LogP contribution in [0.2, 0.25) is 0 Å². The molecule has 0 aliphatic heterocycles. The van der Waals surface area contributed by atoms with Crippen LogP contribution in [0.5, 0.6) is 17.2 Å². The fraction of sp³-hybridized carbons (Fsp3) is 0.300. The number of hydrogen-bond donors (Lipinski definition) is 2. The van der Waals surface area contributed by atoms with Crippen molar-refractivity contribution in [1.82, 2.24) is 5.32 Å². The van der Waals surface area contributed by atoms with Crippen molar-refractivity contribution in [2.75, 3.05) is 20.8 Å². The lowest BCUT2D eigenvalue weighted by atomic mass is 10.0. The van der Waals surface area contributed by atoms with Crippen LogP contribution >= 0.6 is 0 Å². The van der Waals surface area contributed by atoms with Gasteiger partial charge in [0.05, 0.1) is 26.7 Å². The molecule has 144 valence electrons. The lowest BCUT2D eigenvalue weighted by molar-refractivity contribution is -0.137. The number of amides is 1. The molecule has 0 saturated carbocycles. The van der Waals surface area contributed by atoms with Gasteiger partial charge in [0.2, 0.25) is 0 Å². The van der Waals surface area contributed by atoms with Gasteiger partial charge in [-0.15, -0.1) is 0 Å². The molecule has 7 nitrogen and oxygen atoms in total. The predicted octanol–water partition coefficient (Wildman–Crippen LogP) is 2.72. The van der Waals surface area contributed by atoms with Crippen molar-refractivity contribution in [2.45, 2.75) is 19.4 Å². The summed E-state index contributed by atoms with van der Waals surface area (Å²) >= 11 is 0. The number of carbonyl (C=O) groups excluding carboxylic acids is 1. The number of aliphatic carboxylic acids is 1. The minimum atomic E-state index is -1.03. The number of methoxy groups -OCH3 is 2. The van der Waals surface area contributed by atoms with Crippen LogP contribution in [0.3, 0.4) is 0 Å². The number of carboxylic acids is 1. The number of benzene rings is 2. The predicted molar refractivity (Wildman–Crippen MR) is 99.4 cm³/mol. The molecule has 0 bridgehead atoms. The van der Waals surface area contributed by atoms with Crippen molar-refractivity contribution in [2.24, 2.45) is 0 Å². The lowest BCUT2D eigenvalue weighted by Crippen LogP contribution is -2.33. The summed E-state index contributed by atoms with van der Waals surface area (Å²) in [5, 5.41) is 11.9. The van der Waals surface area contributed by atoms with E-state index in [1.165, 1.54) is 14.2 Å². The van der Waals surface area contributed by atoms with Gasteiger partial charge in [0.15, 0.2) is 18.1 Å². The van der Waals surface area contributed by atoms with Crippen molar-refractivity contribution in [1.29, 1.82) is 0 Å². The number of ether oxygens (including phenoxy) is 3. The molecule has 2 N–H and O–H groups in total. The molecule has 0 radical (unpaired) electrons. The molecule has 1 amide bonds. The van der Waals surface area contributed by atoms with Gasteiger partial charge in [0, 0.05) is 0 Å². The monoisotopic (exact) mass is 373 g/mol. The summed E-state index contributed by atoms with van der Waals surface area (Å²) in [5.74, 6) is 0.0957. The average Bonchev–Trinajstić information content (AvgIpc) is 2.65. The van der Waals surface area contributed by atoms with E-state index in [2.05, 4.69) is 5.32 Å². The first kappa shape index (κ1) is 20.1. The normalized spacial score (nSPS) is 11.4. The van der Waals surface area contributed by atoms with E-state index >= 15 is 0 Å². The maximum absolute atomic E-state index is 12.3. The van der Waals surface area contributed by atoms with E-state index in [-0.39, 0.29) is 13.0 Å². The van der Waals surface area contributed by atoms with Crippen molar-refractivity contribution in [3.05, 3.63) is 53.6 Å². The van der Waals surface area contributed by atoms with Gasteiger partial charge in [-0.3, -0.25) is 9.59 Å². The summed E-state index contributed by atoms with van der Waals surface area (Å²) in [7, 11) is 3.00. The molecule has 7 heteroatoms. The Hall–Kier alpha value is -3.22. The van der Waals surface area contributed by atoms with Crippen LogP contribution in [0.1, 0.15) is 23.6 Å². The van der Waals surface area contributed by atoms with Crippen molar-refractivity contribution >= 4 is 11.9 Å². The second-order valence-corrected chi connectivity index (χ2v) is 5.94. The molecule has 27 heavy (non-hydrogen) atoms. The zero-order valence-corrected chi connectivity index (χ0v) is 15.5. The largest absolute Gasteiger partial charge is 0.493 e. The first-order valence-corrected chi connectivity index (χ1v) is 8.35. The van der Waals surface area contributed by atoms with Gasteiger partial charge >= 0.3 is 5.97 Å². The highest BCUT2D eigenvalue weighted by Crippen LogP contribution is 2.31. The Morgan fingerprint density at radius 2 is 1.81 bits per heavy atom. The van der Waals surface area contributed by atoms with Gasteiger partial charge in [0.25, 0.3) is 5.91 Å². The molecule has 1 atom stereocenters. The van der Waals surface area contributed by atoms with Gasteiger partial charge in [-0.1, -0.05) is 18.2 Å². The van der Waals surface area contributed by atoms with Gasteiger partial charge in [0.1, 0.15) is 5.75 Å². The Balaban J connectivity index is 2.09. The molecular formula is C20H23NO6. The second kappa shape index (κ2) is 9.47. The summed E-state index contributed by atoms with van der Waals surface area (Å²) < 4.78 is 15.9. The summed E-state index contributed by atoms with van der Waals surface area (Å²) in [6.07, 6.45) is -0.272. The fourth-order valence-corrected chi connectivity index (χ4v) is 2.59. The fourth-order valence-electron chi connectivity index (χ4n) is 2.59. The van der Waals surface area contributed by atoms with E-state index in [1.54, 1.807) is 24.3 Å². The van der Waals surface area contributed by atoms with Gasteiger partial charge in [-0.25, -0.2) is 0 Å². The standard InChI is InChI=1S/C20H23NO6/c1-13-5-4-6-15(9-13)27-12-19(22)21-16(11-20(23)24)14-7-8-17(25-2)18(10-14)26-3/h4-10,16H,11-12H2,1-3H3,(H,21,22)(H,23,24). The van der Waals surface area contributed by atoms with Gasteiger partial charge < -0.3 is 24.6 Å². The highest BCUT2D eigenvalue weighted by Gasteiger charge is 2.20.